The molecule has 0 unspecified atom stereocenters. The van der Waals surface area contributed by atoms with Crippen molar-refractivity contribution in [2.24, 2.45) is 0 Å². The van der Waals surface area contributed by atoms with Crippen LogP contribution in [0.4, 0.5) is 5.69 Å². The average Bonchev–Trinajstić information content (AvgIpc) is 2.98. The minimum atomic E-state index is -1.15. The zero-order valence-corrected chi connectivity index (χ0v) is 17.3. The van der Waals surface area contributed by atoms with Crippen molar-refractivity contribution in [1.82, 2.24) is 4.90 Å². The molecule has 30 heavy (non-hydrogen) atoms. The number of imide groups is 1. The molecule has 0 aromatic heterocycles. The topological polar surface area (TPSA) is 92.8 Å². The second-order valence-corrected chi connectivity index (χ2v) is 7.55. The van der Waals surface area contributed by atoms with Gasteiger partial charge in [0.15, 0.2) is 6.10 Å². The van der Waals surface area contributed by atoms with Gasteiger partial charge in [0.2, 0.25) is 0 Å². The van der Waals surface area contributed by atoms with Gasteiger partial charge in [-0.05, 0) is 49.6 Å². The van der Waals surface area contributed by atoms with E-state index in [4.69, 9.17) is 4.74 Å². The Morgan fingerprint density at radius 3 is 1.90 bits per heavy atom. The number of ether oxygens (including phenoxy) is 1. The second kappa shape index (κ2) is 8.49. The van der Waals surface area contributed by atoms with E-state index in [-0.39, 0.29) is 11.1 Å². The largest absolute Gasteiger partial charge is 0.451 e. The van der Waals surface area contributed by atoms with Gasteiger partial charge in [0.25, 0.3) is 17.7 Å². The first kappa shape index (κ1) is 21.2. The second-order valence-electron chi connectivity index (χ2n) is 7.55. The Kier molecular flexibility index (Phi) is 6.01. The van der Waals surface area contributed by atoms with Gasteiger partial charge in [0, 0.05) is 5.69 Å². The third-order valence-corrected chi connectivity index (χ3v) is 5.06. The molecule has 2 aromatic rings. The molecule has 1 aliphatic heterocycles. The average molecular weight is 408 g/mol. The highest BCUT2D eigenvalue weighted by Crippen LogP contribution is 2.25. The minimum Gasteiger partial charge on any atom is -0.451 e. The van der Waals surface area contributed by atoms with Gasteiger partial charge in [-0.1, -0.05) is 38.1 Å². The van der Waals surface area contributed by atoms with Gasteiger partial charge in [-0.25, -0.2) is 4.79 Å². The molecule has 2 aromatic carbocycles. The number of nitrogens with zero attached hydrogens (tertiary/aromatic N) is 1. The Balaban J connectivity index is 1.61. The fourth-order valence-corrected chi connectivity index (χ4v) is 3.19. The molecule has 3 rings (SSSR count). The predicted molar refractivity (Wildman–Crippen MR) is 111 cm³/mol. The van der Waals surface area contributed by atoms with Crippen molar-refractivity contribution in [2.45, 2.75) is 45.8 Å². The molecule has 0 spiro atoms. The lowest BCUT2D eigenvalue weighted by Gasteiger charge is -2.22. The summed E-state index contributed by atoms with van der Waals surface area (Å²) in [4.78, 5) is 50.8. The van der Waals surface area contributed by atoms with Gasteiger partial charge < -0.3 is 10.1 Å². The van der Waals surface area contributed by atoms with Crippen LogP contribution in [-0.4, -0.2) is 40.7 Å². The van der Waals surface area contributed by atoms with Gasteiger partial charge in [0.1, 0.15) is 6.04 Å². The number of nitrogens with one attached hydrogen (secondary N) is 1. The molecule has 0 bridgehead atoms. The maximum atomic E-state index is 12.5. The standard InChI is InChI=1S/C23H24N2O5/c1-13(2)16-9-11-17(12-10-16)24-20(26)15(4)30-23(29)14(3)25-21(27)18-7-5-6-8-19(18)22(25)28/h5-15H,1-4H3,(H,24,26)/t14-,15+/m0/s1. The number of fused-ring (bicyclic) bond motifs is 1. The Labute approximate surface area is 175 Å². The van der Waals surface area contributed by atoms with Crippen LogP contribution in [0, 0.1) is 0 Å². The number of hydrogen-bond donors (Lipinski definition) is 1. The van der Waals surface area contributed by atoms with Crippen molar-refractivity contribution in [3.05, 3.63) is 65.2 Å². The number of esters is 1. The van der Waals surface area contributed by atoms with Crippen molar-refractivity contribution in [3.8, 4) is 0 Å². The van der Waals surface area contributed by atoms with Crippen LogP contribution in [0.2, 0.25) is 0 Å². The number of hydrogen-bond acceptors (Lipinski definition) is 5. The zero-order chi connectivity index (χ0) is 22.0. The molecule has 1 N–H and O–H groups in total. The van der Waals surface area contributed by atoms with E-state index in [1.165, 1.54) is 26.0 Å². The Hall–Kier alpha value is -3.48. The van der Waals surface area contributed by atoms with Crippen LogP contribution < -0.4 is 5.32 Å². The lowest BCUT2D eigenvalue weighted by atomic mass is 10.0. The summed E-state index contributed by atoms with van der Waals surface area (Å²) in [5.41, 5.74) is 2.22. The smallest absolute Gasteiger partial charge is 0.329 e. The Morgan fingerprint density at radius 1 is 0.867 bits per heavy atom. The number of carbonyl (C=O) groups excluding carboxylic acids is 4. The summed E-state index contributed by atoms with van der Waals surface area (Å²) in [6.45, 7) is 6.99. The van der Waals surface area contributed by atoms with E-state index in [9.17, 15) is 19.2 Å². The molecule has 0 saturated carbocycles. The SMILES string of the molecule is CC(C)c1ccc(NC(=O)[C@@H](C)OC(=O)[C@H](C)N2C(=O)c3ccccc3C2=O)cc1. The summed E-state index contributed by atoms with van der Waals surface area (Å²) < 4.78 is 5.22. The van der Waals surface area contributed by atoms with Crippen LogP contribution in [0.3, 0.4) is 0 Å². The van der Waals surface area contributed by atoms with E-state index in [0.29, 0.717) is 11.6 Å². The highest BCUT2D eigenvalue weighted by molar-refractivity contribution is 6.22. The number of amides is 3. The maximum absolute atomic E-state index is 12.5. The van der Waals surface area contributed by atoms with E-state index in [2.05, 4.69) is 19.2 Å². The summed E-state index contributed by atoms with van der Waals surface area (Å²) in [5, 5.41) is 2.69. The fraction of sp³-hybridized carbons (Fsp3) is 0.304. The quantitative estimate of drug-likeness (QED) is 0.584. The van der Waals surface area contributed by atoms with Crippen molar-refractivity contribution in [1.29, 1.82) is 0 Å². The molecule has 3 amide bonds. The summed E-state index contributed by atoms with van der Waals surface area (Å²) in [6.07, 6.45) is -1.10. The Bertz CT molecular complexity index is 962. The van der Waals surface area contributed by atoms with Crippen LogP contribution in [0.5, 0.6) is 0 Å². The molecule has 156 valence electrons. The van der Waals surface area contributed by atoms with Crippen LogP contribution in [0.1, 0.15) is 59.9 Å². The zero-order valence-electron chi connectivity index (χ0n) is 17.3. The normalized spacial score (nSPS) is 15.0. The lowest BCUT2D eigenvalue weighted by molar-refractivity contribution is -0.156. The molecule has 7 heteroatoms. The molecule has 0 radical (unpaired) electrons. The monoisotopic (exact) mass is 408 g/mol. The maximum Gasteiger partial charge on any atom is 0.329 e. The molecule has 7 nitrogen and oxygen atoms in total. The van der Waals surface area contributed by atoms with Crippen LogP contribution in [-0.2, 0) is 14.3 Å². The van der Waals surface area contributed by atoms with Gasteiger partial charge in [-0.3, -0.25) is 19.3 Å². The van der Waals surface area contributed by atoms with Gasteiger partial charge >= 0.3 is 5.97 Å². The number of carbonyl (C=O) groups is 4. The third-order valence-electron chi connectivity index (χ3n) is 5.06. The number of benzene rings is 2. The molecular weight excluding hydrogens is 384 g/mol. The molecule has 0 saturated heterocycles. The molecule has 1 heterocycles. The van der Waals surface area contributed by atoms with Crippen LogP contribution >= 0.6 is 0 Å². The van der Waals surface area contributed by atoms with Gasteiger partial charge in [-0.15, -0.1) is 0 Å². The van der Waals surface area contributed by atoms with E-state index in [1.807, 2.05) is 12.1 Å². The first-order valence-corrected chi connectivity index (χ1v) is 9.79. The first-order chi connectivity index (χ1) is 14.2. The summed E-state index contributed by atoms with van der Waals surface area (Å²) >= 11 is 0. The van der Waals surface area contributed by atoms with E-state index >= 15 is 0 Å². The highest BCUT2D eigenvalue weighted by Gasteiger charge is 2.41. The van der Waals surface area contributed by atoms with Crippen molar-refractivity contribution in [3.63, 3.8) is 0 Å². The predicted octanol–water partition coefficient (Wildman–Crippen LogP) is 3.36. The molecule has 2 atom stereocenters. The molecule has 1 aliphatic rings. The van der Waals surface area contributed by atoms with Gasteiger partial charge in [-0.2, -0.15) is 0 Å². The first-order valence-electron chi connectivity index (χ1n) is 9.79. The van der Waals surface area contributed by atoms with Gasteiger partial charge in [0.05, 0.1) is 11.1 Å². The van der Waals surface area contributed by atoms with E-state index in [0.717, 1.165) is 10.5 Å². The summed E-state index contributed by atoms with van der Waals surface area (Å²) in [6, 6.07) is 12.6. The molecule has 0 aliphatic carbocycles. The van der Waals surface area contributed by atoms with E-state index in [1.54, 1.807) is 24.3 Å². The van der Waals surface area contributed by atoms with Crippen molar-refractivity contribution < 1.29 is 23.9 Å². The summed E-state index contributed by atoms with van der Waals surface area (Å²) in [5.74, 6) is -2.07. The number of rotatable bonds is 6. The van der Waals surface area contributed by atoms with Crippen LogP contribution in [0.25, 0.3) is 0 Å². The fourth-order valence-electron chi connectivity index (χ4n) is 3.19. The molecule has 0 fully saturated rings. The molecular formula is C23H24N2O5. The lowest BCUT2D eigenvalue weighted by Crippen LogP contribution is -2.45. The Morgan fingerprint density at radius 2 is 1.40 bits per heavy atom. The van der Waals surface area contributed by atoms with Crippen molar-refractivity contribution >= 4 is 29.4 Å². The van der Waals surface area contributed by atoms with Crippen LogP contribution in [0.15, 0.2) is 48.5 Å². The summed E-state index contributed by atoms with van der Waals surface area (Å²) in [7, 11) is 0. The van der Waals surface area contributed by atoms with E-state index < -0.39 is 35.8 Å². The third kappa shape index (κ3) is 4.10. The highest BCUT2D eigenvalue weighted by atomic mass is 16.5. The number of anilines is 1. The minimum absolute atomic E-state index is 0.248. The van der Waals surface area contributed by atoms with Crippen molar-refractivity contribution in [2.75, 3.05) is 5.32 Å².